The summed E-state index contributed by atoms with van der Waals surface area (Å²) in [6.07, 6.45) is -1.24. The maximum Gasteiger partial charge on any atom is 0.243 e. The lowest BCUT2D eigenvalue weighted by molar-refractivity contribution is 0.125. The summed E-state index contributed by atoms with van der Waals surface area (Å²) in [6.45, 7) is -0.00465. The van der Waals surface area contributed by atoms with Gasteiger partial charge in [-0.2, -0.15) is 4.31 Å². The third kappa shape index (κ3) is 3.92. The van der Waals surface area contributed by atoms with Crippen LogP contribution >= 0.6 is 0 Å². The van der Waals surface area contributed by atoms with Crippen molar-refractivity contribution in [3.63, 3.8) is 0 Å². The summed E-state index contributed by atoms with van der Waals surface area (Å²) < 4.78 is 51.1. The average molecular weight is 381 g/mol. The van der Waals surface area contributed by atoms with E-state index in [-0.39, 0.29) is 17.2 Å². The zero-order valence-electron chi connectivity index (χ0n) is 13.4. The minimum absolute atomic E-state index is 0.00465. The number of hydrogen-bond acceptors (Lipinski definition) is 5. The van der Waals surface area contributed by atoms with Gasteiger partial charge in [0, 0.05) is 6.54 Å². The molecule has 2 atom stereocenters. The number of hydrogen-bond donors (Lipinski definition) is 1. The van der Waals surface area contributed by atoms with Crippen molar-refractivity contribution in [2.75, 3.05) is 11.5 Å². The Hall–Kier alpha value is -1.74. The molecule has 0 unspecified atom stereocenters. The van der Waals surface area contributed by atoms with Crippen LogP contribution in [0.2, 0.25) is 0 Å². The summed E-state index contributed by atoms with van der Waals surface area (Å²) in [7, 11) is -7.44. The third-order valence-electron chi connectivity index (χ3n) is 4.19. The van der Waals surface area contributed by atoms with E-state index in [9.17, 15) is 21.9 Å². The van der Waals surface area contributed by atoms with Crippen LogP contribution in [0, 0.1) is 0 Å². The van der Waals surface area contributed by atoms with Gasteiger partial charge >= 0.3 is 0 Å². The molecule has 0 spiro atoms. The third-order valence-corrected chi connectivity index (χ3v) is 7.78. The molecular weight excluding hydrogens is 362 g/mol. The van der Waals surface area contributed by atoms with Crippen LogP contribution in [0.15, 0.2) is 65.6 Å². The van der Waals surface area contributed by atoms with Crippen molar-refractivity contribution in [1.82, 2.24) is 4.31 Å². The quantitative estimate of drug-likeness (QED) is 0.835. The molecule has 1 saturated heterocycles. The Balaban J connectivity index is 2.03. The monoisotopic (exact) mass is 381 g/mol. The highest BCUT2D eigenvalue weighted by Crippen LogP contribution is 2.27. The van der Waals surface area contributed by atoms with E-state index in [2.05, 4.69) is 0 Å². The van der Waals surface area contributed by atoms with E-state index in [1.807, 2.05) is 6.07 Å². The topological polar surface area (TPSA) is 91.8 Å². The second-order valence-corrected chi connectivity index (χ2v) is 10.1. The zero-order valence-corrected chi connectivity index (χ0v) is 15.0. The first-order valence-electron chi connectivity index (χ1n) is 7.79. The fraction of sp³-hybridized carbons (Fsp3) is 0.294. The Morgan fingerprint density at radius 3 is 2.04 bits per heavy atom. The van der Waals surface area contributed by atoms with Gasteiger partial charge in [-0.05, 0) is 17.7 Å². The van der Waals surface area contributed by atoms with E-state index in [1.165, 1.54) is 12.1 Å². The van der Waals surface area contributed by atoms with Gasteiger partial charge in [-0.3, -0.25) is 0 Å². The van der Waals surface area contributed by atoms with E-state index < -0.39 is 37.8 Å². The molecule has 0 radical (unpaired) electrons. The predicted molar refractivity (Wildman–Crippen MR) is 94.1 cm³/mol. The molecule has 1 fully saturated rings. The molecule has 0 amide bonds. The Morgan fingerprint density at radius 2 is 1.52 bits per heavy atom. The van der Waals surface area contributed by atoms with Crippen LogP contribution in [0.25, 0.3) is 0 Å². The van der Waals surface area contributed by atoms with Gasteiger partial charge in [-0.25, -0.2) is 16.8 Å². The fourth-order valence-corrected chi connectivity index (χ4v) is 6.52. The van der Waals surface area contributed by atoms with Crippen LogP contribution in [0.4, 0.5) is 0 Å². The van der Waals surface area contributed by atoms with Crippen LogP contribution in [0.5, 0.6) is 0 Å². The van der Waals surface area contributed by atoms with Crippen molar-refractivity contribution >= 4 is 19.9 Å². The van der Waals surface area contributed by atoms with E-state index in [1.54, 1.807) is 42.5 Å². The molecule has 6 nitrogen and oxygen atoms in total. The van der Waals surface area contributed by atoms with E-state index >= 15 is 0 Å². The largest absolute Gasteiger partial charge is 0.390 e. The van der Waals surface area contributed by atoms with E-state index in [0.29, 0.717) is 0 Å². The first-order valence-corrected chi connectivity index (χ1v) is 11.0. The molecule has 2 aromatic carbocycles. The number of sulfone groups is 1. The Labute approximate surface area is 147 Å². The second-order valence-electron chi connectivity index (χ2n) is 6.06. The summed E-state index contributed by atoms with van der Waals surface area (Å²) in [4.78, 5) is 0.0717. The van der Waals surface area contributed by atoms with Crippen LogP contribution in [0.1, 0.15) is 5.56 Å². The lowest BCUT2D eigenvalue weighted by Crippen LogP contribution is -2.46. The molecule has 1 N–H and O–H groups in total. The van der Waals surface area contributed by atoms with Crippen molar-refractivity contribution in [3.8, 4) is 0 Å². The minimum Gasteiger partial charge on any atom is -0.390 e. The predicted octanol–water partition coefficient (Wildman–Crippen LogP) is 1.04. The van der Waals surface area contributed by atoms with Gasteiger partial charge in [-0.1, -0.05) is 48.5 Å². The summed E-state index contributed by atoms with van der Waals surface area (Å²) in [5.41, 5.74) is 0.721. The van der Waals surface area contributed by atoms with Crippen molar-refractivity contribution in [1.29, 1.82) is 0 Å². The molecule has 3 rings (SSSR count). The molecule has 1 aliphatic rings. The van der Waals surface area contributed by atoms with Crippen molar-refractivity contribution in [3.05, 3.63) is 66.2 Å². The second kappa shape index (κ2) is 6.87. The fourth-order valence-electron chi connectivity index (χ4n) is 2.96. The van der Waals surface area contributed by atoms with Crippen LogP contribution < -0.4 is 0 Å². The molecule has 0 saturated carbocycles. The van der Waals surface area contributed by atoms with Crippen molar-refractivity contribution in [2.45, 2.75) is 23.6 Å². The van der Waals surface area contributed by atoms with Gasteiger partial charge in [0.05, 0.1) is 28.5 Å². The number of sulfonamides is 1. The van der Waals surface area contributed by atoms with Crippen LogP contribution in [-0.4, -0.2) is 49.9 Å². The molecule has 134 valence electrons. The smallest absolute Gasteiger partial charge is 0.243 e. The number of rotatable bonds is 5. The summed E-state index contributed by atoms with van der Waals surface area (Å²) in [5, 5.41) is 10.2. The van der Waals surface area contributed by atoms with Crippen molar-refractivity contribution < 1.29 is 21.9 Å². The first-order chi connectivity index (χ1) is 11.8. The highest BCUT2D eigenvalue weighted by Gasteiger charge is 2.44. The Morgan fingerprint density at radius 1 is 0.960 bits per heavy atom. The molecular formula is C17H19NO5S2. The Kier molecular flexibility index (Phi) is 4.97. The van der Waals surface area contributed by atoms with E-state index in [4.69, 9.17) is 0 Å². The SMILES string of the molecule is O=S1(=O)C[C@@H](O)[C@H](N(Cc2ccccc2)S(=O)(=O)c2ccccc2)C1. The lowest BCUT2D eigenvalue weighted by Gasteiger charge is -2.29. The molecule has 0 aliphatic carbocycles. The maximum atomic E-state index is 13.1. The highest BCUT2D eigenvalue weighted by molar-refractivity contribution is 7.92. The zero-order chi connectivity index (χ0) is 18.1. The number of aliphatic hydroxyl groups excluding tert-OH is 1. The maximum absolute atomic E-state index is 13.1. The Bertz CT molecular complexity index is 928. The lowest BCUT2D eigenvalue weighted by atomic mass is 10.2. The van der Waals surface area contributed by atoms with E-state index in [0.717, 1.165) is 9.87 Å². The molecule has 2 aromatic rings. The minimum atomic E-state index is -3.96. The van der Waals surface area contributed by atoms with Gasteiger partial charge < -0.3 is 5.11 Å². The number of nitrogens with zero attached hydrogens (tertiary/aromatic N) is 1. The van der Waals surface area contributed by atoms with Gasteiger partial charge in [0.15, 0.2) is 9.84 Å². The molecule has 0 bridgehead atoms. The van der Waals surface area contributed by atoms with Gasteiger partial charge in [0.25, 0.3) is 0 Å². The summed E-state index contributed by atoms with van der Waals surface area (Å²) >= 11 is 0. The molecule has 0 aromatic heterocycles. The molecule has 1 aliphatic heterocycles. The van der Waals surface area contributed by atoms with Gasteiger partial charge in [0.1, 0.15) is 0 Å². The average Bonchev–Trinajstić information content (AvgIpc) is 2.86. The van der Waals surface area contributed by atoms with Gasteiger partial charge in [0.2, 0.25) is 10.0 Å². The summed E-state index contributed by atoms with van der Waals surface area (Å²) in [6, 6.07) is 15.7. The van der Waals surface area contributed by atoms with Crippen LogP contribution in [-0.2, 0) is 26.4 Å². The normalized spacial score (nSPS) is 23.0. The van der Waals surface area contributed by atoms with Crippen molar-refractivity contribution in [2.24, 2.45) is 0 Å². The van der Waals surface area contributed by atoms with Gasteiger partial charge in [-0.15, -0.1) is 0 Å². The molecule has 1 heterocycles. The highest BCUT2D eigenvalue weighted by atomic mass is 32.2. The van der Waals surface area contributed by atoms with Crippen LogP contribution in [0.3, 0.4) is 0 Å². The first kappa shape index (κ1) is 18.1. The number of aliphatic hydroxyl groups is 1. The molecule has 8 heteroatoms. The summed E-state index contributed by atoms with van der Waals surface area (Å²) in [5.74, 6) is -0.805. The molecule has 25 heavy (non-hydrogen) atoms. The number of benzene rings is 2. The standard InChI is InChI=1S/C17H19NO5S2/c19-17-13-24(20,21)12-16(17)18(11-14-7-3-1-4-8-14)25(22,23)15-9-5-2-6-10-15/h1-10,16-17,19H,11-13H2/t16-,17-/m1/s1.